The summed E-state index contributed by atoms with van der Waals surface area (Å²) in [7, 11) is 1.64. The van der Waals surface area contributed by atoms with Gasteiger partial charge in [-0.05, 0) is 58.0 Å². The molecule has 1 amide bonds. The second kappa shape index (κ2) is 7.52. The number of pyridine rings is 1. The summed E-state index contributed by atoms with van der Waals surface area (Å²) in [6.45, 7) is 1.92. The molecular formula is C20H17ClIN3O2. The molecule has 0 unspecified atom stereocenters. The first-order valence-electron chi connectivity index (χ1n) is 8.50. The van der Waals surface area contributed by atoms with Crippen molar-refractivity contribution < 1.29 is 9.53 Å². The van der Waals surface area contributed by atoms with Gasteiger partial charge in [-0.25, -0.2) is 0 Å². The van der Waals surface area contributed by atoms with Gasteiger partial charge in [-0.1, -0.05) is 23.7 Å². The van der Waals surface area contributed by atoms with E-state index in [1.165, 1.54) is 0 Å². The van der Waals surface area contributed by atoms with Crippen molar-refractivity contribution in [1.29, 1.82) is 0 Å². The van der Waals surface area contributed by atoms with Crippen molar-refractivity contribution in [3.63, 3.8) is 0 Å². The lowest BCUT2D eigenvalue weighted by atomic mass is 10.1. The maximum atomic E-state index is 13.1. The zero-order valence-corrected chi connectivity index (χ0v) is 17.6. The summed E-state index contributed by atoms with van der Waals surface area (Å²) in [5.74, 6) is 0.762. The molecule has 1 aliphatic heterocycles. The van der Waals surface area contributed by atoms with Crippen LogP contribution < -0.4 is 4.74 Å². The van der Waals surface area contributed by atoms with Crippen molar-refractivity contribution in [2.45, 2.75) is 13.1 Å². The summed E-state index contributed by atoms with van der Waals surface area (Å²) in [4.78, 5) is 19.0. The van der Waals surface area contributed by atoms with E-state index >= 15 is 0 Å². The lowest BCUT2D eigenvalue weighted by Gasteiger charge is -2.29. The molecule has 0 fully saturated rings. The number of aromatic nitrogens is 2. The molecule has 0 aliphatic carbocycles. The summed E-state index contributed by atoms with van der Waals surface area (Å²) in [5, 5.41) is 0.509. The van der Waals surface area contributed by atoms with Crippen molar-refractivity contribution in [3.05, 3.63) is 68.8 Å². The first-order valence-corrected chi connectivity index (χ1v) is 9.96. The standard InChI is InChI=1S/C20H17ClIN3O2/c1-27-15-4-2-13(3-5-15)12-24-10-11-25-18(20(24)26)17(21)16(19(25)22)14-6-8-23-9-7-14/h2-9H,10-12H2,1H3. The summed E-state index contributed by atoms with van der Waals surface area (Å²) in [6, 6.07) is 11.6. The number of benzene rings is 1. The third-order valence-electron chi connectivity index (χ3n) is 4.73. The number of carbonyl (C=O) groups excluding carboxylic acids is 1. The molecule has 27 heavy (non-hydrogen) atoms. The molecule has 1 aliphatic rings. The predicted octanol–water partition coefficient (Wildman–Crippen LogP) is 4.47. The van der Waals surface area contributed by atoms with E-state index in [4.69, 9.17) is 16.3 Å². The minimum atomic E-state index is -0.0414. The molecule has 0 saturated carbocycles. The third-order valence-corrected chi connectivity index (χ3v) is 6.22. The van der Waals surface area contributed by atoms with Crippen LogP contribution in [0.4, 0.5) is 0 Å². The van der Waals surface area contributed by atoms with Crippen LogP contribution in [-0.2, 0) is 13.1 Å². The molecule has 0 radical (unpaired) electrons. The highest BCUT2D eigenvalue weighted by Gasteiger charge is 2.32. The van der Waals surface area contributed by atoms with Crippen LogP contribution in [0.1, 0.15) is 16.1 Å². The van der Waals surface area contributed by atoms with Crippen molar-refractivity contribution in [3.8, 4) is 16.9 Å². The van der Waals surface area contributed by atoms with Gasteiger partial charge in [0, 0.05) is 37.6 Å². The smallest absolute Gasteiger partial charge is 0.272 e. The number of halogens is 2. The Morgan fingerprint density at radius 1 is 1.15 bits per heavy atom. The van der Waals surface area contributed by atoms with Crippen LogP contribution in [0, 0.1) is 3.70 Å². The Morgan fingerprint density at radius 3 is 2.52 bits per heavy atom. The van der Waals surface area contributed by atoms with E-state index in [-0.39, 0.29) is 5.91 Å². The normalized spacial score (nSPS) is 13.6. The molecular weight excluding hydrogens is 477 g/mol. The molecule has 3 aromatic rings. The number of ether oxygens (including phenoxy) is 1. The topological polar surface area (TPSA) is 47.4 Å². The van der Waals surface area contributed by atoms with Gasteiger partial charge >= 0.3 is 0 Å². The Kier molecular flexibility index (Phi) is 5.10. The van der Waals surface area contributed by atoms with Gasteiger partial charge in [0.05, 0.1) is 15.8 Å². The van der Waals surface area contributed by atoms with Crippen LogP contribution >= 0.6 is 34.2 Å². The van der Waals surface area contributed by atoms with E-state index in [0.29, 0.717) is 23.8 Å². The van der Waals surface area contributed by atoms with Crippen LogP contribution in [0.3, 0.4) is 0 Å². The lowest BCUT2D eigenvalue weighted by Crippen LogP contribution is -2.39. The van der Waals surface area contributed by atoms with E-state index in [9.17, 15) is 4.79 Å². The fraction of sp³-hybridized carbons (Fsp3) is 0.200. The molecule has 0 spiro atoms. The van der Waals surface area contributed by atoms with Crippen molar-refractivity contribution in [2.75, 3.05) is 13.7 Å². The molecule has 3 heterocycles. The van der Waals surface area contributed by atoms with E-state index in [0.717, 1.165) is 32.7 Å². The molecule has 1 aromatic carbocycles. The van der Waals surface area contributed by atoms with E-state index in [1.54, 1.807) is 19.5 Å². The average Bonchev–Trinajstić information content (AvgIpc) is 2.96. The van der Waals surface area contributed by atoms with Crippen LogP contribution in [0.2, 0.25) is 5.02 Å². The second-order valence-electron chi connectivity index (χ2n) is 6.29. The zero-order valence-electron chi connectivity index (χ0n) is 14.7. The predicted molar refractivity (Wildman–Crippen MR) is 113 cm³/mol. The fourth-order valence-electron chi connectivity index (χ4n) is 3.32. The molecule has 0 N–H and O–H groups in total. The number of nitrogens with zero attached hydrogens (tertiary/aromatic N) is 3. The molecule has 2 aromatic heterocycles. The minimum Gasteiger partial charge on any atom is -0.497 e. The zero-order chi connectivity index (χ0) is 19.0. The number of fused-ring (bicyclic) bond motifs is 1. The highest BCUT2D eigenvalue weighted by atomic mass is 127. The van der Waals surface area contributed by atoms with Crippen LogP contribution in [0.25, 0.3) is 11.1 Å². The molecule has 5 nitrogen and oxygen atoms in total. The molecule has 0 atom stereocenters. The van der Waals surface area contributed by atoms with Gasteiger partial charge in [0.15, 0.2) is 0 Å². The highest BCUT2D eigenvalue weighted by Crippen LogP contribution is 2.39. The number of amides is 1. The van der Waals surface area contributed by atoms with Gasteiger partial charge in [0.25, 0.3) is 5.91 Å². The number of hydrogen-bond acceptors (Lipinski definition) is 3. The number of methoxy groups -OCH3 is 1. The SMILES string of the molecule is COc1ccc(CN2CCn3c(I)c(-c4ccncc4)c(Cl)c3C2=O)cc1. The lowest BCUT2D eigenvalue weighted by molar-refractivity contribution is 0.0690. The first kappa shape index (κ1) is 18.3. The van der Waals surface area contributed by atoms with E-state index in [1.807, 2.05) is 45.9 Å². The van der Waals surface area contributed by atoms with Gasteiger partial charge in [0.1, 0.15) is 11.4 Å². The largest absolute Gasteiger partial charge is 0.497 e. The van der Waals surface area contributed by atoms with Crippen molar-refractivity contribution >= 4 is 40.1 Å². The molecule has 138 valence electrons. The summed E-state index contributed by atoms with van der Waals surface area (Å²) >= 11 is 8.94. The van der Waals surface area contributed by atoms with Crippen LogP contribution in [-0.4, -0.2) is 34.0 Å². The van der Waals surface area contributed by atoms with E-state index < -0.39 is 0 Å². The Bertz CT molecular complexity index is 987. The summed E-state index contributed by atoms with van der Waals surface area (Å²) < 4.78 is 8.20. The minimum absolute atomic E-state index is 0.0414. The molecule has 4 rings (SSSR count). The first-order chi connectivity index (χ1) is 13.1. The quantitative estimate of drug-likeness (QED) is 0.504. The highest BCUT2D eigenvalue weighted by molar-refractivity contribution is 14.1. The number of rotatable bonds is 4. The Labute approximate surface area is 176 Å². The summed E-state index contributed by atoms with van der Waals surface area (Å²) in [5.41, 5.74) is 3.49. The van der Waals surface area contributed by atoms with Crippen LogP contribution in [0.15, 0.2) is 48.8 Å². The maximum absolute atomic E-state index is 13.1. The van der Waals surface area contributed by atoms with Crippen molar-refractivity contribution in [2.24, 2.45) is 0 Å². The van der Waals surface area contributed by atoms with Gasteiger partial charge < -0.3 is 14.2 Å². The van der Waals surface area contributed by atoms with E-state index in [2.05, 4.69) is 27.6 Å². The van der Waals surface area contributed by atoms with Gasteiger partial charge in [-0.3, -0.25) is 9.78 Å². The monoisotopic (exact) mass is 493 g/mol. The summed E-state index contributed by atoms with van der Waals surface area (Å²) in [6.07, 6.45) is 3.46. The number of carbonyl (C=O) groups is 1. The third kappa shape index (κ3) is 3.32. The Balaban J connectivity index is 1.66. The fourth-order valence-corrected chi connectivity index (χ4v) is 4.92. The second-order valence-corrected chi connectivity index (χ2v) is 7.69. The molecule has 0 bridgehead atoms. The van der Waals surface area contributed by atoms with Crippen molar-refractivity contribution in [1.82, 2.24) is 14.5 Å². The molecule has 0 saturated heterocycles. The average molecular weight is 494 g/mol. The van der Waals surface area contributed by atoms with Gasteiger partial charge in [-0.2, -0.15) is 0 Å². The molecule has 7 heteroatoms. The van der Waals surface area contributed by atoms with Gasteiger partial charge in [-0.15, -0.1) is 0 Å². The maximum Gasteiger partial charge on any atom is 0.272 e. The van der Waals surface area contributed by atoms with Crippen LogP contribution in [0.5, 0.6) is 5.75 Å². The Morgan fingerprint density at radius 2 is 1.85 bits per heavy atom. The number of hydrogen-bond donors (Lipinski definition) is 0. The van der Waals surface area contributed by atoms with Gasteiger partial charge in [0.2, 0.25) is 0 Å². The Hall–Kier alpha value is -2.06.